The molecule has 28 heavy (non-hydrogen) atoms. The summed E-state index contributed by atoms with van der Waals surface area (Å²) in [5, 5.41) is 7.80. The van der Waals surface area contributed by atoms with Crippen molar-refractivity contribution >= 4 is 30.6 Å². The van der Waals surface area contributed by atoms with Crippen LogP contribution in [0.15, 0.2) is 67.0 Å². The maximum Gasteiger partial charge on any atom is 0.254 e. The van der Waals surface area contributed by atoms with E-state index in [1.54, 1.807) is 6.20 Å². The Kier molecular flexibility index (Phi) is 4.64. The molecule has 3 N–H and O–H groups in total. The van der Waals surface area contributed by atoms with Crippen LogP contribution >= 0.6 is 0 Å². The van der Waals surface area contributed by atoms with Crippen LogP contribution in [0.4, 0.5) is 11.5 Å². The zero-order valence-electron chi connectivity index (χ0n) is 15.3. The number of rotatable bonds is 3. The fourth-order valence-electron chi connectivity index (χ4n) is 3.27. The molecule has 0 saturated heterocycles. The van der Waals surface area contributed by atoms with Crippen molar-refractivity contribution in [2.45, 2.75) is 6.54 Å². The van der Waals surface area contributed by atoms with E-state index in [0.29, 0.717) is 17.9 Å². The van der Waals surface area contributed by atoms with Gasteiger partial charge in [-0.1, -0.05) is 43.5 Å². The van der Waals surface area contributed by atoms with Gasteiger partial charge in [0.1, 0.15) is 5.82 Å². The van der Waals surface area contributed by atoms with Gasteiger partial charge >= 0.3 is 0 Å². The Labute approximate surface area is 162 Å². The maximum absolute atomic E-state index is 12.6. The molecule has 1 amide bonds. The lowest BCUT2D eigenvalue weighted by Crippen LogP contribution is -2.13. The summed E-state index contributed by atoms with van der Waals surface area (Å²) in [6.07, 6.45) is 3.59. The lowest BCUT2D eigenvalue weighted by atomic mass is 9.96. The monoisotopic (exact) mass is 368 g/mol. The van der Waals surface area contributed by atoms with Crippen molar-refractivity contribution in [3.05, 3.63) is 88.7 Å². The molecule has 0 spiro atoms. The third kappa shape index (κ3) is 3.38. The fourth-order valence-corrected chi connectivity index (χ4v) is 3.27. The summed E-state index contributed by atoms with van der Waals surface area (Å²) in [5.74, 6) is 0.592. The SMILES string of the molecule is C=c1ccccc(=C)c(-c2ccc(Nc3ccccn3)c3c2CNC3=O)c[nH]1. The predicted octanol–water partition coefficient (Wildman–Crippen LogP) is 3.01. The lowest BCUT2D eigenvalue weighted by molar-refractivity contribution is 0.0966. The third-order valence-electron chi connectivity index (χ3n) is 4.64. The Balaban J connectivity index is 1.90. The number of nitrogens with zero attached hydrogens (tertiary/aromatic N) is 1. The number of anilines is 2. The summed E-state index contributed by atoms with van der Waals surface area (Å²) in [6.45, 7) is 8.62. The molecule has 4 rings (SSSR count). The Morgan fingerprint density at radius 2 is 1.79 bits per heavy atom. The van der Waals surface area contributed by atoms with E-state index in [1.165, 1.54) is 0 Å². The molecule has 2 aromatic heterocycles. The van der Waals surface area contributed by atoms with Crippen LogP contribution in [0.1, 0.15) is 15.9 Å². The third-order valence-corrected chi connectivity index (χ3v) is 4.64. The highest BCUT2D eigenvalue weighted by atomic mass is 16.1. The highest BCUT2D eigenvalue weighted by Gasteiger charge is 2.26. The molecule has 0 radical (unpaired) electrons. The van der Waals surface area contributed by atoms with E-state index in [4.69, 9.17) is 0 Å². The summed E-state index contributed by atoms with van der Waals surface area (Å²) in [5.41, 5.74) is 4.18. The summed E-state index contributed by atoms with van der Waals surface area (Å²) in [4.78, 5) is 20.0. The largest absolute Gasteiger partial charge is 0.362 e. The number of carbonyl (C=O) groups excluding carboxylic acids is 1. The lowest BCUT2D eigenvalue weighted by Gasteiger charge is -2.13. The number of pyridine rings is 1. The van der Waals surface area contributed by atoms with Gasteiger partial charge in [0.25, 0.3) is 5.91 Å². The van der Waals surface area contributed by atoms with Gasteiger partial charge in [-0.2, -0.15) is 0 Å². The molecule has 0 saturated carbocycles. The maximum atomic E-state index is 12.6. The second kappa shape index (κ2) is 7.40. The Morgan fingerprint density at radius 1 is 0.964 bits per heavy atom. The first-order chi connectivity index (χ1) is 13.6. The van der Waals surface area contributed by atoms with Gasteiger partial charge in [-0.15, -0.1) is 0 Å². The second-order valence-corrected chi connectivity index (χ2v) is 6.51. The predicted molar refractivity (Wildman–Crippen MR) is 113 cm³/mol. The standard InChI is InChI=1S/C23H20N4O/c1-15-7-3-4-8-16(2)25-13-18(15)17-10-11-20(22-19(17)14-26-23(22)28)27-21-9-5-6-12-24-21/h3-13,25H,1-2,14H2,(H,24,27)(H,26,28). The summed E-state index contributed by atoms with van der Waals surface area (Å²) in [7, 11) is 0. The number of nitrogens with one attached hydrogen (secondary N) is 3. The normalized spacial score (nSPS) is 12.1. The zero-order valence-corrected chi connectivity index (χ0v) is 15.3. The number of aromatic nitrogens is 2. The van der Waals surface area contributed by atoms with Crippen LogP contribution < -0.4 is 21.2 Å². The highest BCUT2D eigenvalue weighted by molar-refractivity contribution is 6.06. The van der Waals surface area contributed by atoms with Gasteiger partial charge in [-0.25, -0.2) is 4.98 Å². The van der Waals surface area contributed by atoms with Crippen molar-refractivity contribution in [2.24, 2.45) is 0 Å². The number of H-pyrrole nitrogens is 1. The van der Waals surface area contributed by atoms with E-state index < -0.39 is 0 Å². The van der Waals surface area contributed by atoms with Gasteiger partial charge in [-0.3, -0.25) is 4.79 Å². The van der Waals surface area contributed by atoms with Gasteiger partial charge in [0, 0.05) is 29.9 Å². The van der Waals surface area contributed by atoms with Crippen LogP contribution in [0.5, 0.6) is 0 Å². The number of amides is 1. The number of hydrogen-bond acceptors (Lipinski definition) is 3. The van der Waals surface area contributed by atoms with Crippen molar-refractivity contribution in [3.8, 4) is 11.1 Å². The molecule has 138 valence electrons. The molecule has 0 unspecified atom stereocenters. The number of hydrogen-bond donors (Lipinski definition) is 3. The molecule has 1 aromatic carbocycles. The van der Waals surface area contributed by atoms with Crippen molar-refractivity contribution in [3.63, 3.8) is 0 Å². The van der Waals surface area contributed by atoms with Crippen LogP contribution in [0.3, 0.4) is 0 Å². The van der Waals surface area contributed by atoms with Crippen molar-refractivity contribution in [1.29, 1.82) is 0 Å². The van der Waals surface area contributed by atoms with Crippen LogP contribution in [-0.4, -0.2) is 15.9 Å². The molecule has 3 heterocycles. The molecule has 0 bridgehead atoms. The molecule has 0 aliphatic carbocycles. The van der Waals surface area contributed by atoms with Crippen molar-refractivity contribution < 1.29 is 4.79 Å². The smallest absolute Gasteiger partial charge is 0.254 e. The summed E-state index contributed by atoms with van der Waals surface area (Å²) in [6, 6.07) is 17.2. The van der Waals surface area contributed by atoms with Gasteiger partial charge in [0.2, 0.25) is 0 Å². The van der Waals surface area contributed by atoms with Crippen LogP contribution in [0, 0.1) is 0 Å². The van der Waals surface area contributed by atoms with Gasteiger partial charge in [-0.05, 0) is 40.6 Å². The average molecular weight is 368 g/mol. The van der Waals surface area contributed by atoms with E-state index in [0.717, 1.165) is 32.9 Å². The Bertz CT molecular complexity index is 1200. The minimum atomic E-state index is -0.0980. The van der Waals surface area contributed by atoms with Gasteiger partial charge in [0.05, 0.1) is 11.3 Å². The number of benzene rings is 1. The number of carbonyl (C=O) groups is 1. The van der Waals surface area contributed by atoms with Gasteiger partial charge in [0.15, 0.2) is 0 Å². The van der Waals surface area contributed by atoms with E-state index in [9.17, 15) is 4.79 Å². The topological polar surface area (TPSA) is 69.8 Å². The second-order valence-electron chi connectivity index (χ2n) is 6.51. The number of fused-ring (bicyclic) bond motifs is 1. The first-order valence-electron chi connectivity index (χ1n) is 8.95. The van der Waals surface area contributed by atoms with Crippen LogP contribution in [0.25, 0.3) is 24.3 Å². The minimum absolute atomic E-state index is 0.0980. The molecule has 3 aromatic rings. The molecule has 5 heteroatoms. The zero-order chi connectivity index (χ0) is 19.5. The molecule has 0 fully saturated rings. The number of aromatic amines is 1. The van der Waals surface area contributed by atoms with E-state index >= 15 is 0 Å². The van der Waals surface area contributed by atoms with Crippen molar-refractivity contribution in [2.75, 3.05) is 5.32 Å². The molecule has 1 aliphatic rings. The molecule has 5 nitrogen and oxygen atoms in total. The summed E-state index contributed by atoms with van der Waals surface area (Å²) >= 11 is 0. The molecular weight excluding hydrogens is 348 g/mol. The van der Waals surface area contributed by atoms with E-state index in [1.807, 2.05) is 60.8 Å². The summed E-state index contributed by atoms with van der Waals surface area (Å²) < 4.78 is 0. The fraction of sp³-hybridized carbons (Fsp3) is 0.0435. The quantitative estimate of drug-likeness (QED) is 0.666. The van der Waals surface area contributed by atoms with Crippen LogP contribution in [-0.2, 0) is 6.54 Å². The van der Waals surface area contributed by atoms with Gasteiger partial charge < -0.3 is 15.6 Å². The van der Waals surface area contributed by atoms with E-state index in [-0.39, 0.29) is 5.91 Å². The average Bonchev–Trinajstić information content (AvgIpc) is 3.12. The Morgan fingerprint density at radius 3 is 2.61 bits per heavy atom. The first kappa shape index (κ1) is 17.5. The highest BCUT2D eigenvalue weighted by Crippen LogP contribution is 2.33. The molecule has 1 aliphatic heterocycles. The molecular formula is C23H20N4O. The minimum Gasteiger partial charge on any atom is -0.362 e. The van der Waals surface area contributed by atoms with Crippen molar-refractivity contribution in [1.82, 2.24) is 15.3 Å². The first-order valence-corrected chi connectivity index (χ1v) is 8.95. The molecule has 0 atom stereocenters. The Hall–Kier alpha value is -3.86. The van der Waals surface area contributed by atoms with E-state index in [2.05, 4.69) is 33.8 Å². The van der Waals surface area contributed by atoms with Crippen LogP contribution in [0.2, 0.25) is 0 Å².